The first-order valence-corrected chi connectivity index (χ1v) is 5.78. The number of alkyl halides is 2. The molecule has 0 amide bonds. The minimum absolute atomic E-state index is 0.363. The maximum Gasteiger partial charge on any atom is 0.272 e. The van der Waals surface area contributed by atoms with Crippen LogP contribution in [0.2, 0.25) is 0 Å². The predicted molar refractivity (Wildman–Crippen MR) is 64.0 cm³/mol. The highest BCUT2D eigenvalue weighted by Gasteiger charge is 2.16. The molecule has 3 nitrogen and oxygen atoms in total. The van der Waals surface area contributed by atoms with Crippen molar-refractivity contribution in [3.05, 3.63) is 24.3 Å². The Balaban J connectivity index is 4.22. The lowest BCUT2D eigenvalue weighted by atomic mass is 10.1. The fraction of sp³-hybridized carbons (Fsp3) is 0.364. The first-order chi connectivity index (χ1) is 7.63. The molecule has 0 spiro atoms. The van der Waals surface area contributed by atoms with Gasteiger partial charge in [-0.2, -0.15) is 0 Å². The second kappa shape index (κ2) is 9.31. The molecule has 88 valence electrons. The Kier molecular flexibility index (Phi) is 8.77. The smallest absolute Gasteiger partial charge is 0.272 e. The molecule has 0 aliphatic carbocycles. The lowest BCUT2D eigenvalue weighted by molar-refractivity contribution is -0.140. The summed E-state index contributed by atoms with van der Waals surface area (Å²) in [6.45, 7) is 0. The third-order valence-electron chi connectivity index (χ3n) is 1.54. The maximum absolute atomic E-state index is 11.2. The summed E-state index contributed by atoms with van der Waals surface area (Å²) in [6.07, 6.45) is 6.02. The fourth-order valence-corrected chi connectivity index (χ4v) is 1.03. The normalized spacial score (nSPS) is 11.1. The van der Waals surface area contributed by atoms with Crippen molar-refractivity contribution in [3.63, 3.8) is 0 Å². The van der Waals surface area contributed by atoms with Crippen molar-refractivity contribution in [3.8, 4) is 0 Å². The molecule has 0 unspecified atom stereocenters. The quantitative estimate of drug-likeness (QED) is 0.291. The van der Waals surface area contributed by atoms with Crippen LogP contribution in [0.25, 0.3) is 0 Å². The standard InChI is InChI=1S/C11H12Cl2O3/c12-7-3-1-5-9(14)11(16)10(15)6-2-4-8-13/h1-2,5-6H,3-4,7-8H2. The summed E-state index contributed by atoms with van der Waals surface area (Å²) in [7, 11) is 0. The molecular formula is C11H12Cl2O3. The maximum atomic E-state index is 11.2. The number of hydrogen-bond acceptors (Lipinski definition) is 3. The first kappa shape index (κ1) is 15.1. The number of Topliss-reactive ketones (excluding diaryl/α,β-unsaturated/α-hetero) is 1. The van der Waals surface area contributed by atoms with Crippen LogP contribution in [0.5, 0.6) is 0 Å². The molecule has 0 aromatic rings. The zero-order valence-corrected chi connectivity index (χ0v) is 10.1. The van der Waals surface area contributed by atoms with Crippen molar-refractivity contribution in [2.45, 2.75) is 12.8 Å². The highest BCUT2D eigenvalue weighted by atomic mass is 35.5. The molecule has 0 aromatic heterocycles. The highest BCUT2D eigenvalue weighted by Crippen LogP contribution is 1.92. The van der Waals surface area contributed by atoms with Gasteiger partial charge in [0.2, 0.25) is 11.6 Å². The van der Waals surface area contributed by atoms with E-state index in [4.69, 9.17) is 23.2 Å². The van der Waals surface area contributed by atoms with Crippen LogP contribution in [0.1, 0.15) is 12.8 Å². The summed E-state index contributed by atoms with van der Waals surface area (Å²) in [6, 6.07) is 0. The van der Waals surface area contributed by atoms with Crippen LogP contribution in [0, 0.1) is 0 Å². The molecule has 0 rings (SSSR count). The van der Waals surface area contributed by atoms with Gasteiger partial charge >= 0.3 is 0 Å². The minimum Gasteiger partial charge on any atom is -0.285 e. The summed E-state index contributed by atoms with van der Waals surface area (Å²) < 4.78 is 0. The molecule has 0 saturated carbocycles. The molecule has 16 heavy (non-hydrogen) atoms. The number of carbonyl (C=O) groups excluding carboxylic acids is 3. The number of ketones is 3. The van der Waals surface area contributed by atoms with Crippen molar-refractivity contribution in [2.24, 2.45) is 0 Å². The molecule has 0 aliphatic heterocycles. The van der Waals surface area contributed by atoms with E-state index in [2.05, 4.69) is 0 Å². The van der Waals surface area contributed by atoms with Gasteiger partial charge in [-0.05, 0) is 25.0 Å². The van der Waals surface area contributed by atoms with E-state index in [1.165, 1.54) is 12.2 Å². The van der Waals surface area contributed by atoms with E-state index >= 15 is 0 Å². The monoisotopic (exact) mass is 262 g/mol. The Morgan fingerprint density at radius 1 is 0.812 bits per heavy atom. The Morgan fingerprint density at radius 2 is 1.19 bits per heavy atom. The van der Waals surface area contributed by atoms with Crippen LogP contribution >= 0.6 is 23.2 Å². The molecule has 0 radical (unpaired) electrons. The highest BCUT2D eigenvalue weighted by molar-refractivity contribution is 6.68. The van der Waals surface area contributed by atoms with Gasteiger partial charge in [0.05, 0.1) is 0 Å². The number of halogens is 2. The molecule has 0 aromatic carbocycles. The largest absolute Gasteiger partial charge is 0.285 e. The molecule has 0 N–H and O–H groups in total. The van der Waals surface area contributed by atoms with E-state index < -0.39 is 17.3 Å². The van der Waals surface area contributed by atoms with E-state index in [1.807, 2.05) is 0 Å². The van der Waals surface area contributed by atoms with E-state index in [0.717, 1.165) is 12.2 Å². The Hall–Kier alpha value is -0.930. The van der Waals surface area contributed by atoms with Gasteiger partial charge in [-0.15, -0.1) is 23.2 Å². The lowest BCUT2D eigenvalue weighted by Gasteiger charge is -1.90. The van der Waals surface area contributed by atoms with Crippen LogP contribution in [-0.2, 0) is 14.4 Å². The number of allylic oxidation sites excluding steroid dienone is 4. The summed E-state index contributed by atoms with van der Waals surface area (Å²) in [4.78, 5) is 33.4. The Labute approximate surface area is 104 Å². The van der Waals surface area contributed by atoms with Gasteiger partial charge in [0.15, 0.2) is 0 Å². The van der Waals surface area contributed by atoms with Crippen LogP contribution in [0.3, 0.4) is 0 Å². The zero-order valence-electron chi connectivity index (χ0n) is 8.62. The summed E-state index contributed by atoms with van der Waals surface area (Å²) in [5.74, 6) is -1.98. The van der Waals surface area contributed by atoms with Crippen molar-refractivity contribution in [1.29, 1.82) is 0 Å². The van der Waals surface area contributed by atoms with Gasteiger partial charge in [0.1, 0.15) is 0 Å². The average Bonchev–Trinajstić information content (AvgIpc) is 2.28. The van der Waals surface area contributed by atoms with Crippen LogP contribution < -0.4 is 0 Å². The van der Waals surface area contributed by atoms with Gasteiger partial charge < -0.3 is 0 Å². The summed E-state index contributed by atoms with van der Waals surface area (Å²) >= 11 is 10.7. The van der Waals surface area contributed by atoms with Crippen LogP contribution in [0.4, 0.5) is 0 Å². The number of carbonyl (C=O) groups is 3. The van der Waals surface area contributed by atoms with Crippen molar-refractivity contribution in [2.75, 3.05) is 11.8 Å². The van der Waals surface area contributed by atoms with Gasteiger partial charge in [-0.3, -0.25) is 14.4 Å². The van der Waals surface area contributed by atoms with Crippen LogP contribution in [-0.4, -0.2) is 29.1 Å². The van der Waals surface area contributed by atoms with E-state index in [0.29, 0.717) is 24.6 Å². The Bertz CT molecular complexity index is 289. The third kappa shape index (κ3) is 6.53. The predicted octanol–water partition coefficient (Wildman–Crippen LogP) is 2.06. The molecule has 0 saturated heterocycles. The van der Waals surface area contributed by atoms with Gasteiger partial charge in [0.25, 0.3) is 5.78 Å². The minimum atomic E-state index is -1.04. The summed E-state index contributed by atoms with van der Waals surface area (Å²) in [5, 5.41) is 0. The van der Waals surface area contributed by atoms with E-state index in [-0.39, 0.29) is 0 Å². The number of rotatable bonds is 8. The number of hydrogen-bond donors (Lipinski definition) is 0. The molecule has 5 heteroatoms. The molecule has 0 bridgehead atoms. The molecule has 0 atom stereocenters. The SMILES string of the molecule is O=C(C=CCCCl)C(=O)C(=O)C=CCCCl. The average molecular weight is 263 g/mol. The van der Waals surface area contributed by atoms with Crippen molar-refractivity contribution < 1.29 is 14.4 Å². The van der Waals surface area contributed by atoms with Gasteiger partial charge in [-0.1, -0.05) is 12.2 Å². The molecule has 0 aliphatic rings. The fourth-order valence-electron chi connectivity index (χ4n) is 0.780. The van der Waals surface area contributed by atoms with Gasteiger partial charge in [0, 0.05) is 11.8 Å². The van der Waals surface area contributed by atoms with Crippen LogP contribution in [0.15, 0.2) is 24.3 Å². The zero-order chi connectivity index (χ0) is 12.4. The van der Waals surface area contributed by atoms with E-state index in [1.54, 1.807) is 0 Å². The molecular weight excluding hydrogens is 251 g/mol. The van der Waals surface area contributed by atoms with Crippen molar-refractivity contribution in [1.82, 2.24) is 0 Å². The molecule has 0 fully saturated rings. The van der Waals surface area contributed by atoms with Gasteiger partial charge in [-0.25, -0.2) is 0 Å². The third-order valence-corrected chi connectivity index (χ3v) is 1.97. The topological polar surface area (TPSA) is 51.2 Å². The Morgan fingerprint density at radius 3 is 1.50 bits per heavy atom. The molecule has 0 heterocycles. The van der Waals surface area contributed by atoms with E-state index in [9.17, 15) is 14.4 Å². The second-order valence-corrected chi connectivity index (χ2v) is 3.57. The first-order valence-electron chi connectivity index (χ1n) is 4.71. The van der Waals surface area contributed by atoms with Crippen molar-refractivity contribution >= 4 is 40.6 Å². The lowest BCUT2D eigenvalue weighted by Crippen LogP contribution is -2.20. The summed E-state index contributed by atoms with van der Waals surface area (Å²) in [5.41, 5.74) is 0. The second-order valence-electron chi connectivity index (χ2n) is 2.82.